The van der Waals surface area contributed by atoms with Gasteiger partial charge in [-0.15, -0.1) is 0 Å². The van der Waals surface area contributed by atoms with E-state index in [9.17, 15) is 27.9 Å². The third-order valence-electron chi connectivity index (χ3n) is 6.30. The Balaban J connectivity index is 2.23. The van der Waals surface area contributed by atoms with Gasteiger partial charge in [-0.3, -0.25) is 15.6 Å². The van der Waals surface area contributed by atoms with Crippen molar-refractivity contribution in [2.45, 2.75) is 52.9 Å². The average molecular weight is 580 g/mol. The van der Waals surface area contributed by atoms with Crippen LogP contribution in [0.5, 0.6) is 5.75 Å². The van der Waals surface area contributed by atoms with Crippen LogP contribution < -0.4 is 10.1 Å². The summed E-state index contributed by atoms with van der Waals surface area (Å²) in [5.74, 6) is -0.146. The third-order valence-corrected chi connectivity index (χ3v) is 6.30. The molecule has 1 unspecified atom stereocenters. The summed E-state index contributed by atoms with van der Waals surface area (Å²) in [6.07, 6.45) is 0.549. The fourth-order valence-corrected chi connectivity index (χ4v) is 3.92. The molecule has 0 saturated carbocycles. The summed E-state index contributed by atoms with van der Waals surface area (Å²) < 4.78 is 47.2. The Kier molecular flexibility index (Phi) is 11.7. The van der Waals surface area contributed by atoms with Crippen LogP contribution in [0.25, 0.3) is 0 Å². The molecule has 0 fully saturated rings. The van der Waals surface area contributed by atoms with Gasteiger partial charge in [0.15, 0.2) is 6.61 Å². The van der Waals surface area contributed by atoms with E-state index in [4.69, 9.17) is 15.6 Å². The number of benzene rings is 1. The summed E-state index contributed by atoms with van der Waals surface area (Å²) in [6, 6.07) is 2.80. The number of halogens is 3. The molecule has 0 aromatic heterocycles. The minimum absolute atomic E-state index is 0.0244. The van der Waals surface area contributed by atoms with Gasteiger partial charge >= 0.3 is 12.3 Å². The van der Waals surface area contributed by atoms with Gasteiger partial charge < -0.3 is 29.7 Å². The number of nitrogens with zero attached hydrogens (tertiary/aromatic N) is 2. The van der Waals surface area contributed by atoms with Crippen molar-refractivity contribution in [1.82, 2.24) is 15.1 Å². The van der Waals surface area contributed by atoms with Crippen molar-refractivity contribution in [2.75, 3.05) is 26.9 Å². The zero-order chi connectivity index (χ0) is 30.9. The van der Waals surface area contributed by atoms with Crippen LogP contribution in [0.3, 0.4) is 0 Å². The molecule has 1 aliphatic rings. The first kappa shape index (κ1) is 33.1. The molecule has 0 saturated heterocycles. The Hall–Kier alpha value is -4.13. The Morgan fingerprint density at radius 3 is 2.49 bits per heavy atom. The molecule has 2 rings (SSSR count). The number of allylic oxidation sites excluding steroid dienone is 4. The fourth-order valence-electron chi connectivity index (χ4n) is 3.92. The second kappa shape index (κ2) is 14.5. The highest BCUT2D eigenvalue weighted by Gasteiger charge is 2.32. The number of fused-ring (bicyclic) bond motifs is 1. The minimum Gasteiger partial charge on any atom is -0.496 e. The lowest BCUT2D eigenvalue weighted by atomic mass is 9.96. The molecule has 0 aliphatic carbocycles. The summed E-state index contributed by atoms with van der Waals surface area (Å²) in [4.78, 5) is 27.9. The predicted molar refractivity (Wildman–Crippen MR) is 148 cm³/mol. The van der Waals surface area contributed by atoms with E-state index in [0.29, 0.717) is 29.0 Å². The molecule has 10 nitrogen and oxygen atoms in total. The van der Waals surface area contributed by atoms with Crippen LogP contribution in [0.1, 0.15) is 49.2 Å². The fraction of sp³-hybridized carbons (Fsp3) is 0.429. The minimum atomic E-state index is -4.63. The van der Waals surface area contributed by atoms with Gasteiger partial charge in [0, 0.05) is 18.8 Å². The van der Waals surface area contributed by atoms with Crippen molar-refractivity contribution in [1.29, 1.82) is 10.8 Å². The number of hydrogen-bond donors (Lipinski definition) is 4. The van der Waals surface area contributed by atoms with E-state index in [-0.39, 0.29) is 31.1 Å². The highest BCUT2D eigenvalue weighted by Crippen LogP contribution is 2.29. The molecule has 0 spiro atoms. The number of amidine groups is 1. The zero-order valence-electron chi connectivity index (χ0n) is 23.7. The topological polar surface area (TPSA) is 139 Å². The van der Waals surface area contributed by atoms with Crippen LogP contribution >= 0.6 is 0 Å². The monoisotopic (exact) mass is 579 g/mol. The molecule has 1 aromatic carbocycles. The predicted octanol–water partition coefficient (Wildman–Crippen LogP) is 4.55. The molecule has 224 valence electrons. The van der Waals surface area contributed by atoms with Crippen LogP contribution in [-0.4, -0.2) is 78.2 Å². The van der Waals surface area contributed by atoms with E-state index in [2.05, 4.69) is 10.1 Å². The van der Waals surface area contributed by atoms with Crippen LogP contribution in [0.4, 0.5) is 18.0 Å². The van der Waals surface area contributed by atoms with Crippen molar-refractivity contribution < 1.29 is 37.3 Å². The number of aliphatic hydroxyl groups is 1. The maximum Gasteiger partial charge on any atom is 0.422 e. The van der Waals surface area contributed by atoms with Gasteiger partial charge in [0.05, 0.1) is 31.7 Å². The van der Waals surface area contributed by atoms with Crippen molar-refractivity contribution in [3.63, 3.8) is 0 Å². The van der Waals surface area contributed by atoms with E-state index >= 15 is 0 Å². The molecule has 2 amide bonds. The number of aliphatic hydroxyl groups excluding tert-OH is 1. The van der Waals surface area contributed by atoms with E-state index in [1.165, 1.54) is 12.0 Å². The summed E-state index contributed by atoms with van der Waals surface area (Å²) >= 11 is 0. The molecule has 41 heavy (non-hydrogen) atoms. The lowest BCUT2D eigenvalue weighted by Crippen LogP contribution is -2.39. The number of alkyl halides is 3. The summed E-state index contributed by atoms with van der Waals surface area (Å²) in [5, 5.41) is 28.0. The first-order valence-corrected chi connectivity index (χ1v) is 12.7. The van der Waals surface area contributed by atoms with E-state index in [1.54, 1.807) is 58.1 Å². The van der Waals surface area contributed by atoms with Crippen LogP contribution in [0, 0.1) is 10.8 Å². The van der Waals surface area contributed by atoms with E-state index in [1.807, 2.05) is 0 Å². The molecule has 1 aromatic rings. The molecular formula is C28H36F3N5O5. The molecule has 1 heterocycles. The van der Waals surface area contributed by atoms with Gasteiger partial charge in [-0.2, -0.15) is 13.2 Å². The molecule has 1 aliphatic heterocycles. The molecule has 1 atom stereocenters. The van der Waals surface area contributed by atoms with Crippen molar-refractivity contribution in [3.05, 3.63) is 63.9 Å². The Morgan fingerprint density at radius 2 is 1.93 bits per heavy atom. The maximum absolute atomic E-state index is 13.3. The summed E-state index contributed by atoms with van der Waals surface area (Å²) in [5.41, 5.74) is 3.36. The number of hydrogen-bond acceptors (Lipinski definition) is 7. The number of rotatable bonds is 10. The first-order chi connectivity index (χ1) is 19.2. The second-order valence-electron chi connectivity index (χ2n) is 9.66. The van der Waals surface area contributed by atoms with Gasteiger partial charge in [0.2, 0.25) is 0 Å². The summed E-state index contributed by atoms with van der Waals surface area (Å²) in [7, 11) is 1.42. The second-order valence-corrected chi connectivity index (χ2v) is 9.66. The first-order valence-electron chi connectivity index (χ1n) is 12.7. The number of ether oxygens (including phenoxy) is 2. The van der Waals surface area contributed by atoms with E-state index < -0.39 is 30.8 Å². The Morgan fingerprint density at radius 1 is 1.24 bits per heavy atom. The lowest BCUT2D eigenvalue weighted by molar-refractivity contribution is -0.162. The smallest absolute Gasteiger partial charge is 0.422 e. The standard InChI is InChI=1S/C28H36F3N5O5/c1-17(2)23(8-6-7-18(3)25(33)36(16-32)19(4)14-37)34-26(38)22-11-21-13-35(27(39)41-15-28(29,30)31)10-9-20(21)12-24(22)40-5/h6-8,11-12,16,19,32-33,37H,9-10,13-15H2,1-5H3,(H,34,38)/b8-6-,18-7+,32-16?,33-25?. The Labute approximate surface area is 237 Å². The zero-order valence-corrected chi connectivity index (χ0v) is 23.7. The molecule has 4 N–H and O–H groups in total. The lowest BCUT2D eigenvalue weighted by Gasteiger charge is -2.29. The van der Waals surface area contributed by atoms with Crippen LogP contribution in [-0.2, 0) is 17.7 Å². The normalized spacial score (nSPS) is 14.2. The Bertz CT molecular complexity index is 1250. The number of carbonyl (C=O) groups excluding carboxylic acids is 2. The highest BCUT2D eigenvalue weighted by molar-refractivity contribution is 6.01. The van der Waals surface area contributed by atoms with E-state index in [0.717, 1.165) is 22.4 Å². The van der Waals surface area contributed by atoms with Gasteiger partial charge in [-0.25, -0.2) is 4.79 Å². The van der Waals surface area contributed by atoms with Crippen molar-refractivity contribution in [3.8, 4) is 5.75 Å². The third kappa shape index (κ3) is 9.20. The van der Waals surface area contributed by atoms with Crippen molar-refractivity contribution >= 4 is 24.2 Å². The van der Waals surface area contributed by atoms with Gasteiger partial charge in [0.25, 0.3) is 5.91 Å². The number of amides is 2. The molecule has 0 radical (unpaired) electrons. The number of carbonyl (C=O) groups is 2. The number of methoxy groups -OCH3 is 1. The number of nitrogens with one attached hydrogen (secondary N) is 3. The maximum atomic E-state index is 13.3. The molecular weight excluding hydrogens is 543 g/mol. The SMILES string of the molecule is COc1cc2c(cc1C(=O)NC(/C=C\C=C(/C)C(=N)N(C=N)C(C)CO)=C(C)C)CN(C(=O)OCC(F)(F)F)CC2. The highest BCUT2D eigenvalue weighted by atomic mass is 19.4. The van der Waals surface area contributed by atoms with Gasteiger partial charge in [0.1, 0.15) is 11.6 Å². The van der Waals surface area contributed by atoms with Crippen molar-refractivity contribution in [2.24, 2.45) is 0 Å². The van der Waals surface area contributed by atoms with Gasteiger partial charge in [-0.05, 0) is 69.0 Å². The van der Waals surface area contributed by atoms with Gasteiger partial charge in [-0.1, -0.05) is 17.7 Å². The average Bonchev–Trinajstić information content (AvgIpc) is 2.93. The largest absolute Gasteiger partial charge is 0.496 e. The quantitative estimate of drug-likeness (QED) is 0.182. The molecule has 0 bridgehead atoms. The van der Waals surface area contributed by atoms with Crippen LogP contribution in [0.15, 0.2) is 47.2 Å². The summed E-state index contributed by atoms with van der Waals surface area (Å²) in [6.45, 7) is 5.21. The van der Waals surface area contributed by atoms with Crippen LogP contribution in [0.2, 0.25) is 0 Å². The molecule has 13 heteroatoms.